The molecule has 114 valence electrons. The Morgan fingerprint density at radius 2 is 1.95 bits per heavy atom. The molecule has 0 fully saturated rings. The lowest BCUT2D eigenvalue weighted by atomic mass is 10.1. The van der Waals surface area contributed by atoms with Gasteiger partial charge in [0.25, 0.3) is 0 Å². The molecule has 1 heterocycles. The summed E-state index contributed by atoms with van der Waals surface area (Å²) in [5, 5.41) is 0.961. The molecule has 0 amide bonds. The van der Waals surface area contributed by atoms with Crippen molar-refractivity contribution >= 4 is 16.9 Å². The topological polar surface area (TPSA) is 43.9 Å². The number of carbonyl (C=O) groups excluding carboxylic acids is 1. The minimum Gasteiger partial charge on any atom is -0.456 e. The number of hydrogen-bond acceptors (Lipinski definition) is 3. The molecule has 21 heavy (non-hydrogen) atoms. The van der Waals surface area contributed by atoms with E-state index in [1.807, 2.05) is 38.1 Å². The molecule has 0 bridgehead atoms. The number of furan rings is 1. The number of fused-ring (bicyclic) bond motifs is 1. The molecule has 1 aromatic carbocycles. The second-order valence-electron chi connectivity index (χ2n) is 6.05. The highest BCUT2D eigenvalue weighted by Crippen LogP contribution is 2.26. The summed E-state index contributed by atoms with van der Waals surface area (Å²) in [4.78, 5) is 13.7. The van der Waals surface area contributed by atoms with Crippen molar-refractivity contribution in [2.24, 2.45) is 5.92 Å². The summed E-state index contributed by atoms with van der Waals surface area (Å²) < 4.78 is 11.2. The average molecular weight is 290 g/mol. The zero-order chi connectivity index (χ0) is 15.6. The van der Waals surface area contributed by atoms with Gasteiger partial charge in [-0.15, -0.1) is 0 Å². The minimum absolute atomic E-state index is 0.139. The summed E-state index contributed by atoms with van der Waals surface area (Å²) in [7, 11) is 4.18. The zero-order valence-electron chi connectivity index (χ0n) is 13.4. The van der Waals surface area contributed by atoms with Gasteiger partial charge in [-0.2, -0.15) is 0 Å². The number of nitrogens with one attached hydrogen (secondary N) is 1. The van der Waals surface area contributed by atoms with Crippen LogP contribution in [0.2, 0.25) is 0 Å². The third-order valence-electron chi connectivity index (χ3n) is 3.85. The van der Waals surface area contributed by atoms with Crippen molar-refractivity contribution in [2.75, 3.05) is 20.6 Å². The lowest BCUT2D eigenvalue weighted by Gasteiger charge is -2.21. The fourth-order valence-corrected chi connectivity index (χ4v) is 2.52. The second kappa shape index (κ2) is 6.31. The maximum atomic E-state index is 12.3. The third kappa shape index (κ3) is 3.45. The number of aryl methyl sites for hydroxylation is 1. The van der Waals surface area contributed by atoms with Crippen LogP contribution in [0.25, 0.3) is 11.0 Å². The zero-order valence-corrected chi connectivity index (χ0v) is 13.4. The molecule has 4 heteroatoms. The van der Waals surface area contributed by atoms with Crippen LogP contribution in [0.1, 0.15) is 30.0 Å². The lowest BCUT2D eigenvalue weighted by Crippen LogP contribution is -3.06. The third-order valence-corrected chi connectivity index (χ3v) is 3.85. The molecule has 0 aliphatic heterocycles. The van der Waals surface area contributed by atoms with E-state index in [4.69, 9.17) is 9.15 Å². The summed E-state index contributed by atoms with van der Waals surface area (Å²) in [6.45, 7) is 6.87. The largest absolute Gasteiger partial charge is 0.456 e. The Balaban J connectivity index is 2.13. The number of quaternary nitrogens is 1. The van der Waals surface area contributed by atoms with E-state index in [1.54, 1.807) is 0 Å². The summed E-state index contributed by atoms with van der Waals surface area (Å²) in [5.74, 6) is 0.230. The molecule has 0 aliphatic rings. The highest BCUT2D eigenvalue weighted by Gasteiger charge is 2.24. The molecule has 2 aromatic rings. The second-order valence-corrected chi connectivity index (χ2v) is 6.05. The summed E-state index contributed by atoms with van der Waals surface area (Å²) in [5.41, 5.74) is 1.56. The summed E-state index contributed by atoms with van der Waals surface area (Å²) in [6, 6.07) is 7.64. The normalized spacial score (nSPS) is 14.4. The monoisotopic (exact) mass is 290 g/mol. The number of hydrogen-bond donors (Lipinski definition) is 1. The van der Waals surface area contributed by atoms with Crippen LogP contribution in [-0.2, 0) is 4.74 Å². The standard InChI is InChI=1S/C17H23NO3/c1-11(10-18(4)5)13(3)20-17(19)16-12(2)14-8-6-7-9-15(14)21-16/h6-9,11,13H,10H2,1-5H3/p+1/t11-,13-/m0/s1. The van der Waals surface area contributed by atoms with Crippen molar-refractivity contribution in [1.82, 2.24) is 0 Å². The molecule has 0 saturated heterocycles. The summed E-state index contributed by atoms with van der Waals surface area (Å²) >= 11 is 0. The van der Waals surface area contributed by atoms with Gasteiger partial charge in [-0.05, 0) is 19.9 Å². The minimum atomic E-state index is -0.378. The van der Waals surface area contributed by atoms with Crippen LogP contribution in [0, 0.1) is 12.8 Å². The molecular formula is C17H24NO3+. The number of esters is 1. The number of benzene rings is 1. The van der Waals surface area contributed by atoms with Crippen LogP contribution in [0.5, 0.6) is 0 Å². The van der Waals surface area contributed by atoms with Crippen molar-refractivity contribution in [3.63, 3.8) is 0 Å². The lowest BCUT2D eigenvalue weighted by molar-refractivity contribution is -0.862. The SMILES string of the molecule is Cc1c(C(=O)O[C@@H](C)[C@@H](C)C[NH+](C)C)oc2ccccc12. The van der Waals surface area contributed by atoms with Crippen molar-refractivity contribution in [2.45, 2.75) is 26.9 Å². The molecule has 1 aromatic heterocycles. The van der Waals surface area contributed by atoms with E-state index < -0.39 is 0 Å². The van der Waals surface area contributed by atoms with E-state index >= 15 is 0 Å². The number of ether oxygens (including phenoxy) is 1. The van der Waals surface area contributed by atoms with Gasteiger partial charge in [0.15, 0.2) is 0 Å². The van der Waals surface area contributed by atoms with Gasteiger partial charge < -0.3 is 14.1 Å². The Morgan fingerprint density at radius 1 is 1.29 bits per heavy atom. The van der Waals surface area contributed by atoms with Crippen LogP contribution in [-0.4, -0.2) is 32.7 Å². The van der Waals surface area contributed by atoms with Gasteiger partial charge in [-0.25, -0.2) is 4.79 Å². The van der Waals surface area contributed by atoms with Crippen molar-refractivity contribution in [3.8, 4) is 0 Å². The maximum Gasteiger partial charge on any atom is 0.374 e. The predicted octanol–water partition coefficient (Wildman–Crippen LogP) is 2.07. The first-order chi connectivity index (χ1) is 9.90. The highest BCUT2D eigenvalue weighted by atomic mass is 16.6. The smallest absolute Gasteiger partial charge is 0.374 e. The van der Waals surface area contributed by atoms with Crippen LogP contribution in [0.15, 0.2) is 28.7 Å². The number of para-hydroxylation sites is 1. The first-order valence-corrected chi connectivity index (χ1v) is 7.38. The van der Waals surface area contributed by atoms with Crippen LogP contribution < -0.4 is 4.90 Å². The fraction of sp³-hybridized carbons (Fsp3) is 0.471. The van der Waals surface area contributed by atoms with E-state index in [2.05, 4.69) is 21.0 Å². The fourth-order valence-electron chi connectivity index (χ4n) is 2.52. The van der Waals surface area contributed by atoms with Gasteiger partial charge in [0.1, 0.15) is 11.7 Å². The first kappa shape index (κ1) is 15.6. The summed E-state index contributed by atoms with van der Waals surface area (Å²) in [6.07, 6.45) is -0.139. The Kier molecular flexibility index (Phi) is 4.68. The molecule has 0 unspecified atom stereocenters. The Labute approximate surface area is 125 Å². The Hall–Kier alpha value is -1.81. The quantitative estimate of drug-likeness (QED) is 0.857. The molecule has 0 spiro atoms. The number of rotatable bonds is 5. The van der Waals surface area contributed by atoms with Crippen LogP contribution >= 0.6 is 0 Å². The first-order valence-electron chi connectivity index (χ1n) is 7.38. The predicted molar refractivity (Wildman–Crippen MR) is 82.7 cm³/mol. The average Bonchev–Trinajstić information content (AvgIpc) is 2.76. The van der Waals surface area contributed by atoms with Crippen LogP contribution in [0.4, 0.5) is 0 Å². The molecule has 0 saturated carbocycles. The molecule has 0 aliphatic carbocycles. The van der Waals surface area contributed by atoms with E-state index in [9.17, 15) is 4.79 Å². The van der Waals surface area contributed by atoms with Crippen molar-refractivity contribution < 1.29 is 18.8 Å². The van der Waals surface area contributed by atoms with Crippen LogP contribution in [0.3, 0.4) is 0 Å². The molecule has 0 radical (unpaired) electrons. The van der Waals surface area contributed by atoms with E-state index in [0.29, 0.717) is 11.7 Å². The van der Waals surface area contributed by atoms with E-state index in [1.165, 1.54) is 4.90 Å². The van der Waals surface area contributed by atoms with Gasteiger partial charge in [-0.3, -0.25) is 0 Å². The Morgan fingerprint density at radius 3 is 2.57 bits per heavy atom. The van der Waals surface area contributed by atoms with Gasteiger partial charge in [0.05, 0.1) is 20.6 Å². The molecule has 2 atom stereocenters. The Bertz CT molecular complexity index is 630. The van der Waals surface area contributed by atoms with Gasteiger partial charge in [-0.1, -0.05) is 25.1 Å². The van der Waals surface area contributed by atoms with E-state index in [0.717, 1.165) is 23.1 Å². The van der Waals surface area contributed by atoms with Crippen molar-refractivity contribution in [1.29, 1.82) is 0 Å². The van der Waals surface area contributed by atoms with Gasteiger partial charge in [0.2, 0.25) is 5.76 Å². The molecule has 4 nitrogen and oxygen atoms in total. The molecule has 1 N–H and O–H groups in total. The van der Waals surface area contributed by atoms with E-state index in [-0.39, 0.29) is 12.1 Å². The highest BCUT2D eigenvalue weighted by molar-refractivity contribution is 5.95. The van der Waals surface area contributed by atoms with Crippen molar-refractivity contribution in [3.05, 3.63) is 35.6 Å². The molecule has 2 rings (SSSR count). The maximum absolute atomic E-state index is 12.3. The molecular weight excluding hydrogens is 266 g/mol. The van der Waals surface area contributed by atoms with Gasteiger partial charge >= 0.3 is 5.97 Å². The number of carbonyl (C=O) groups is 1. The van der Waals surface area contributed by atoms with Gasteiger partial charge in [0, 0.05) is 16.9 Å².